The fourth-order valence-electron chi connectivity index (χ4n) is 5.19. The summed E-state index contributed by atoms with van der Waals surface area (Å²) < 4.78 is 0. The Bertz CT molecular complexity index is 1380. The Morgan fingerprint density at radius 2 is 1.88 bits per heavy atom. The van der Waals surface area contributed by atoms with Gasteiger partial charge in [0.15, 0.2) is 0 Å². The van der Waals surface area contributed by atoms with Crippen LogP contribution < -0.4 is 0 Å². The maximum absolute atomic E-state index is 13.3. The van der Waals surface area contributed by atoms with Gasteiger partial charge >= 0.3 is 0 Å². The fraction of sp³-hybridized carbons (Fsp3) is 0.385. The average molecular weight is 474 g/mol. The van der Waals surface area contributed by atoms with E-state index in [4.69, 9.17) is 16.6 Å². The van der Waals surface area contributed by atoms with Crippen LogP contribution in [0.1, 0.15) is 31.2 Å². The standard InChI is InChI=1S/C26H24ClN5O2/c27-21-10-18(17-4-6-22-19(9-17)11-28-30-22)3-5-20(21)23-29-26(7-8-26)25(34)32(23)14-15-12-31(13-15)24(33)16-1-2-16/h3-6,9-11,15-16H,1-2,7-8,12-14H2,(H,28,30). The van der Waals surface area contributed by atoms with Crippen molar-refractivity contribution in [1.82, 2.24) is 20.0 Å². The Balaban J connectivity index is 1.14. The first-order valence-electron chi connectivity index (χ1n) is 11.9. The number of carbonyl (C=O) groups is 2. The van der Waals surface area contributed by atoms with E-state index in [1.165, 1.54) is 0 Å². The summed E-state index contributed by atoms with van der Waals surface area (Å²) in [5.41, 5.74) is 3.25. The second-order valence-electron chi connectivity index (χ2n) is 10.1. The number of carbonyl (C=O) groups excluding carboxylic acids is 2. The number of aromatic nitrogens is 2. The van der Waals surface area contributed by atoms with Crippen LogP contribution in [0.25, 0.3) is 22.0 Å². The predicted molar refractivity (Wildman–Crippen MR) is 130 cm³/mol. The summed E-state index contributed by atoms with van der Waals surface area (Å²) >= 11 is 6.78. The summed E-state index contributed by atoms with van der Waals surface area (Å²) in [4.78, 5) is 34.2. The molecule has 1 N–H and O–H groups in total. The number of rotatable bonds is 5. The molecule has 2 aliphatic heterocycles. The number of nitrogens with zero attached hydrogens (tertiary/aromatic N) is 4. The van der Waals surface area contributed by atoms with Gasteiger partial charge in [0.05, 0.1) is 16.7 Å². The van der Waals surface area contributed by atoms with Gasteiger partial charge in [-0.3, -0.25) is 24.6 Å². The third-order valence-electron chi connectivity index (χ3n) is 7.56. The van der Waals surface area contributed by atoms with E-state index in [0.29, 0.717) is 17.4 Å². The Morgan fingerprint density at radius 1 is 1.12 bits per heavy atom. The number of aliphatic imine (C=N–C) groups is 1. The van der Waals surface area contributed by atoms with Crippen molar-refractivity contribution >= 4 is 40.2 Å². The molecule has 8 heteroatoms. The lowest BCUT2D eigenvalue weighted by Crippen LogP contribution is -2.55. The number of hydrogen-bond donors (Lipinski definition) is 1. The zero-order valence-electron chi connectivity index (χ0n) is 18.6. The lowest BCUT2D eigenvalue weighted by Gasteiger charge is -2.41. The topological polar surface area (TPSA) is 81.7 Å². The fourth-order valence-corrected chi connectivity index (χ4v) is 5.45. The van der Waals surface area contributed by atoms with E-state index in [1.54, 1.807) is 6.20 Å². The molecule has 2 aromatic carbocycles. The summed E-state index contributed by atoms with van der Waals surface area (Å²) in [7, 11) is 0. The largest absolute Gasteiger partial charge is 0.342 e. The third-order valence-corrected chi connectivity index (χ3v) is 7.87. The highest BCUT2D eigenvalue weighted by Gasteiger charge is 2.58. The van der Waals surface area contributed by atoms with Crippen LogP contribution in [0.4, 0.5) is 0 Å². The van der Waals surface area contributed by atoms with Gasteiger partial charge in [0.2, 0.25) is 5.91 Å². The van der Waals surface area contributed by atoms with E-state index in [-0.39, 0.29) is 23.7 Å². The minimum absolute atomic E-state index is 0.0834. The number of H-pyrrole nitrogens is 1. The molecule has 0 bridgehead atoms. The first-order valence-corrected chi connectivity index (χ1v) is 12.3. The van der Waals surface area contributed by atoms with Crippen LogP contribution in [-0.4, -0.2) is 62.8 Å². The van der Waals surface area contributed by atoms with Crippen LogP contribution in [0.15, 0.2) is 47.6 Å². The van der Waals surface area contributed by atoms with E-state index in [0.717, 1.165) is 66.4 Å². The Hall–Kier alpha value is -3.19. The minimum Gasteiger partial charge on any atom is -0.342 e. The van der Waals surface area contributed by atoms with E-state index in [1.807, 2.05) is 40.1 Å². The molecule has 0 radical (unpaired) electrons. The number of fused-ring (bicyclic) bond motifs is 1. The Labute approximate surface area is 201 Å². The van der Waals surface area contributed by atoms with Crippen LogP contribution >= 0.6 is 11.6 Å². The Morgan fingerprint density at radius 3 is 2.62 bits per heavy atom. The molecule has 34 heavy (non-hydrogen) atoms. The molecule has 3 fully saturated rings. The molecular weight excluding hydrogens is 450 g/mol. The molecule has 1 aromatic heterocycles. The summed E-state index contributed by atoms with van der Waals surface area (Å²) in [5.74, 6) is 1.57. The molecule has 172 valence electrons. The van der Waals surface area contributed by atoms with Gasteiger partial charge in [0.25, 0.3) is 5.91 Å². The molecule has 2 saturated carbocycles. The molecule has 2 amide bonds. The van der Waals surface area contributed by atoms with Gasteiger partial charge in [-0.15, -0.1) is 0 Å². The van der Waals surface area contributed by atoms with E-state index >= 15 is 0 Å². The molecule has 7 rings (SSSR count). The van der Waals surface area contributed by atoms with Crippen molar-refractivity contribution in [2.75, 3.05) is 19.6 Å². The maximum Gasteiger partial charge on any atom is 0.256 e. The van der Waals surface area contributed by atoms with Gasteiger partial charge in [-0.25, -0.2) is 0 Å². The SMILES string of the molecule is O=C(C1CC1)N1CC(CN2C(=O)C3(CC3)N=C2c2ccc(-c3ccc4[nH]ncc4c3)cc2Cl)C1. The van der Waals surface area contributed by atoms with Crippen LogP contribution in [0.5, 0.6) is 0 Å². The number of amidine groups is 1. The van der Waals surface area contributed by atoms with Gasteiger partial charge in [0.1, 0.15) is 11.4 Å². The quantitative estimate of drug-likeness (QED) is 0.610. The molecule has 1 spiro atoms. The molecule has 1 saturated heterocycles. The zero-order valence-corrected chi connectivity index (χ0v) is 19.4. The van der Waals surface area contributed by atoms with Crippen LogP contribution in [-0.2, 0) is 9.59 Å². The average Bonchev–Trinajstić information content (AvgIpc) is 3.72. The van der Waals surface area contributed by atoms with Gasteiger partial charge in [-0.05, 0) is 61.1 Å². The first kappa shape index (κ1) is 20.2. The highest BCUT2D eigenvalue weighted by Crippen LogP contribution is 2.47. The number of benzene rings is 2. The van der Waals surface area contributed by atoms with E-state index < -0.39 is 5.54 Å². The molecule has 3 heterocycles. The number of halogens is 1. The van der Waals surface area contributed by atoms with Crippen LogP contribution in [0, 0.1) is 11.8 Å². The maximum atomic E-state index is 13.3. The van der Waals surface area contributed by atoms with Gasteiger partial charge in [-0.1, -0.05) is 23.7 Å². The van der Waals surface area contributed by atoms with Crippen molar-refractivity contribution in [2.24, 2.45) is 16.8 Å². The van der Waals surface area contributed by atoms with Crippen molar-refractivity contribution in [3.8, 4) is 11.1 Å². The Kier molecular flexibility index (Phi) is 4.25. The second kappa shape index (κ2) is 7.15. The van der Waals surface area contributed by atoms with Crippen molar-refractivity contribution in [3.63, 3.8) is 0 Å². The third kappa shape index (κ3) is 3.17. The highest BCUT2D eigenvalue weighted by molar-refractivity contribution is 6.35. The van der Waals surface area contributed by atoms with Crippen molar-refractivity contribution in [2.45, 2.75) is 31.2 Å². The minimum atomic E-state index is -0.586. The number of hydrogen-bond acceptors (Lipinski definition) is 4. The van der Waals surface area contributed by atoms with Crippen molar-refractivity contribution < 1.29 is 9.59 Å². The molecule has 7 nitrogen and oxygen atoms in total. The van der Waals surface area contributed by atoms with Gasteiger partial charge < -0.3 is 4.90 Å². The highest BCUT2D eigenvalue weighted by atomic mass is 35.5. The molecule has 0 atom stereocenters. The summed E-state index contributed by atoms with van der Waals surface area (Å²) in [6.45, 7) is 2.04. The van der Waals surface area contributed by atoms with E-state index in [9.17, 15) is 9.59 Å². The first-order chi connectivity index (χ1) is 16.5. The number of amides is 2. The van der Waals surface area contributed by atoms with E-state index in [2.05, 4.69) is 16.3 Å². The lowest BCUT2D eigenvalue weighted by molar-refractivity contribution is -0.139. The second-order valence-corrected chi connectivity index (χ2v) is 10.5. The number of aromatic amines is 1. The molecule has 4 aliphatic rings. The normalized spacial score (nSPS) is 21.3. The smallest absolute Gasteiger partial charge is 0.256 e. The number of nitrogens with one attached hydrogen (secondary N) is 1. The summed E-state index contributed by atoms with van der Waals surface area (Å²) in [5, 5.41) is 8.68. The van der Waals surface area contributed by atoms with Gasteiger partial charge in [-0.2, -0.15) is 5.10 Å². The molecule has 3 aromatic rings. The lowest BCUT2D eigenvalue weighted by atomic mass is 9.97. The zero-order chi connectivity index (χ0) is 23.0. The van der Waals surface area contributed by atoms with Crippen molar-refractivity contribution in [1.29, 1.82) is 0 Å². The monoisotopic (exact) mass is 473 g/mol. The van der Waals surface area contributed by atoms with Crippen LogP contribution in [0.2, 0.25) is 5.02 Å². The molecule has 0 unspecified atom stereocenters. The number of likely N-dealkylation sites (tertiary alicyclic amines) is 1. The molecule has 2 aliphatic carbocycles. The summed E-state index contributed by atoms with van der Waals surface area (Å²) in [6.07, 6.45) is 5.44. The predicted octanol–water partition coefficient (Wildman–Crippen LogP) is 3.87. The van der Waals surface area contributed by atoms with Gasteiger partial charge in [0, 0.05) is 42.4 Å². The molecular formula is C26H24ClN5O2. The van der Waals surface area contributed by atoms with Crippen molar-refractivity contribution in [3.05, 3.63) is 53.2 Å². The summed E-state index contributed by atoms with van der Waals surface area (Å²) in [6, 6.07) is 12.1. The van der Waals surface area contributed by atoms with Crippen LogP contribution in [0.3, 0.4) is 0 Å².